The highest BCUT2D eigenvalue weighted by Gasteiger charge is 2.19. The van der Waals surface area contributed by atoms with Crippen molar-refractivity contribution in [3.8, 4) is 0 Å². The Kier molecular flexibility index (Phi) is 3.92. The minimum absolute atomic E-state index is 0.182. The smallest absolute Gasteiger partial charge is 0.0297 e. The molecule has 84 valence electrons. The van der Waals surface area contributed by atoms with Crippen molar-refractivity contribution in [2.24, 2.45) is 5.73 Å². The van der Waals surface area contributed by atoms with E-state index < -0.39 is 0 Å². The Morgan fingerprint density at radius 1 is 1.20 bits per heavy atom. The fourth-order valence-electron chi connectivity index (χ4n) is 1.97. The molecule has 1 rings (SSSR count). The van der Waals surface area contributed by atoms with Crippen LogP contribution in [0.1, 0.15) is 57.7 Å². The number of rotatable bonds is 3. The van der Waals surface area contributed by atoms with Gasteiger partial charge in [-0.2, -0.15) is 0 Å². The molecule has 0 aromatic heterocycles. The highest BCUT2D eigenvalue weighted by molar-refractivity contribution is 5.34. The van der Waals surface area contributed by atoms with Crippen LogP contribution in [0.4, 0.5) is 0 Å². The lowest BCUT2D eigenvalue weighted by Crippen LogP contribution is -2.19. The van der Waals surface area contributed by atoms with Crippen LogP contribution in [-0.4, -0.2) is 0 Å². The molecule has 0 fully saturated rings. The molecule has 15 heavy (non-hydrogen) atoms. The summed E-state index contributed by atoms with van der Waals surface area (Å²) in [6.07, 6.45) is 2.20. The van der Waals surface area contributed by atoms with Crippen molar-refractivity contribution in [2.45, 2.75) is 52.0 Å². The first-order valence-electron chi connectivity index (χ1n) is 5.81. The van der Waals surface area contributed by atoms with E-state index in [0.29, 0.717) is 0 Å². The first-order chi connectivity index (χ1) is 6.96. The zero-order chi connectivity index (χ0) is 11.5. The van der Waals surface area contributed by atoms with Gasteiger partial charge in [-0.25, -0.2) is 0 Å². The normalized spacial score (nSPS) is 13.9. The second-order valence-electron chi connectivity index (χ2n) is 5.23. The van der Waals surface area contributed by atoms with E-state index in [-0.39, 0.29) is 11.5 Å². The molecule has 1 heteroatoms. The lowest BCUT2D eigenvalue weighted by Gasteiger charge is -2.25. The van der Waals surface area contributed by atoms with Gasteiger partial charge >= 0.3 is 0 Å². The van der Waals surface area contributed by atoms with Gasteiger partial charge in [-0.05, 0) is 23.0 Å². The van der Waals surface area contributed by atoms with Crippen LogP contribution in [0.15, 0.2) is 24.3 Å². The Balaban J connectivity index is 3.06. The molecule has 0 spiro atoms. The van der Waals surface area contributed by atoms with Crippen LogP contribution < -0.4 is 5.73 Å². The van der Waals surface area contributed by atoms with Crippen molar-refractivity contribution >= 4 is 0 Å². The molecule has 1 aromatic rings. The summed E-state index contributed by atoms with van der Waals surface area (Å²) in [6.45, 7) is 8.90. The lowest BCUT2D eigenvalue weighted by atomic mass is 9.81. The molecule has 0 amide bonds. The maximum atomic E-state index is 6.20. The molecule has 0 heterocycles. The highest BCUT2D eigenvalue weighted by Crippen LogP contribution is 2.30. The third-order valence-electron chi connectivity index (χ3n) is 2.77. The van der Waals surface area contributed by atoms with Gasteiger partial charge in [-0.3, -0.25) is 0 Å². The van der Waals surface area contributed by atoms with Gasteiger partial charge in [0.05, 0.1) is 0 Å². The quantitative estimate of drug-likeness (QED) is 0.798. The molecule has 1 aromatic carbocycles. The topological polar surface area (TPSA) is 26.0 Å². The zero-order valence-electron chi connectivity index (χ0n) is 10.4. The lowest BCUT2D eigenvalue weighted by molar-refractivity contribution is 0.557. The van der Waals surface area contributed by atoms with Gasteiger partial charge in [-0.15, -0.1) is 0 Å². The third-order valence-corrected chi connectivity index (χ3v) is 2.77. The molecular formula is C14H23N. The number of hydrogen-bond donors (Lipinski definition) is 1. The van der Waals surface area contributed by atoms with E-state index in [1.807, 2.05) is 0 Å². The van der Waals surface area contributed by atoms with Crippen molar-refractivity contribution in [3.63, 3.8) is 0 Å². The van der Waals surface area contributed by atoms with Crippen LogP contribution in [0.25, 0.3) is 0 Å². The fraction of sp³-hybridized carbons (Fsp3) is 0.571. The number of benzene rings is 1. The summed E-state index contributed by atoms with van der Waals surface area (Å²) in [5.74, 6) is 0. The molecule has 1 unspecified atom stereocenters. The summed E-state index contributed by atoms with van der Waals surface area (Å²) in [5.41, 5.74) is 9.08. The highest BCUT2D eigenvalue weighted by atomic mass is 14.6. The molecule has 0 saturated heterocycles. The minimum atomic E-state index is 0.182. The SMILES string of the molecule is CCCC(N)c1ccccc1C(C)(C)C. The molecule has 0 aliphatic heterocycles. The molecule has 0 radical (unpaired) electrons. The molecule has 0 aliphatic rings. The maximum Gasteiger partial charge on any atom is 0.0297 e. The maximum absolute atomic E-state index is 6.20. The van der Waals surface area contributed by atoms with Gasteiger partial charge in [0.15, 0.2) is 0 Å². The van der Waals surface area contributed by atoms with Gasteiger partial charge < -0.3 is 5.73 Å². The molecule has 1 atom stereocenters. The van der Waals surface area contributed by atoms with E-state index in [1.54, 1.807) is 0 Å². The average Bonchev–Trinajstić information content (AvgIpc) is 2.17. The van der Waals surface area contributed by atoms with E-state index in [9.17, 15) is 0 Å². The van der Waals surface area contributed by atoms with Crippen LogP contribution in [0.2, 0.25) is 0 Å². The van der Waals surface area contributed by atoms with Crippen molar-refractivity contribution in [3.05, 3.63) is 35.4 Å². The van der Waals surface area contributed by atoms with Crippen LogP contribution in [0.5, 0.6) is 0 Å². The predicted molar refractivity (Wildman–Crippen MR) is 67.0 cm³/mol. The van der Waals surface area contributed by atoms with Crippen LogP contribution >= 0.6 is 0 Å². The van der Waals surface area contributed by atoms with Gasteiger partial charge in [0.25, 0.3) is 0 Å². The zero-order valence-corrected chi connectivity index (χ0v) is 10.4. The monoisotopic (exact) mass is 205 g/mol. The van der Waals surface area contributed by atoms with E-state index in [0.717, 1.165) is 12.8 Å². The van der Waals surface area contributed by atoms with Gasteiger partial charge in [-0.1, -0.05) is 58.4 Å². The van der Waals surface area contributed by atoms with Gasteiger partial charge in [0.1, 0.15) is 0 Å². The van der Waals surface area contributed by atoms with Crippen molar-refractivity contribution in [1.29, 1.82) is 0 Å². The number of hydrogen-bond acceptors (Lipinski definition) is 1. The van der Waals surface area contributed by atoms with Gasteiger partial charge in [0.2, 0.25) is 0 Å². The Morgan fingerprint density at radius 2 is 1.80 bits per heavy atom. The van der Waals surface area contributed by atoms with Crippen molar-refractivity contribution in [2.75, 3.05) is 0 Å². The van der Waals surface area contributed by atoms with E-state index in [2.05, 4.69) is 52.0 Å². The van der Waals surface area contributed by atoms with Crippen LogP contribution in [0, 0.1) is 0 Å². The molecule has 0 saturated carbocycles. The second kappa shape index (κ2) is 4.80. The van der Waals surface area contributed by atoms with Gasteiger partial charge in [0, 0.05) is 6.04 Å². The predicted octanol–water partition coefficient (Wildman–Crippen LogP) is 3.78. The molecule has 1 nitrogen and oxygen atoms in total. The third kappa shape index (κ3) is 3.07. The summed E-state index contributed by atoms with van der Waals surface area (Å²) in [5, 5.41) is 0. The standard InChI is InChI=1S/C14H23N/c1-5-8-13(15)11-9-6-7-10-12(11)14(2,3)4/h6-7,9-10,13H,5,8,15H2,1-4H3. The summed E-state index contributed by atoms with van der Waals surface area (Å²) in [4.78, 5) is 0. The molecule has 0 bridgehead atoms. The fourth-order valence-corrected chi connectivity index (χ4v) is 1.97. The Labute approximate surface area is 93.7 Å². The average molecular weight is 205 g/mol. The Hall–Kier alpha value is -0.820. The summed E-state index contributed by atoms with van der Waals surface area (Å²) < 4.78 is 0. The number of nitrogens with two attached hydrogens (primary N) is 1. The van der Waals surface area contributed by atoms with Crippen molar-refractivity contribution in [1.82, 2.24) is 0 Å². The summed E-state index contributed by atoms with van der Waals surface area (Å²) in [6, 6.07) is 8.74. The first kappa shape index (κ1) is 12.3. The largest absolute Gasteiger partial charge is 0.324 e. The van der Waals surface area contributed by atoms with E-state index in [4.69, 9.17) is 5.73 Å². The second-order valence-corrected chi connectivity index (χ2v) is 5.23. The molecular weight excluding hydrogens is 182 g/mol. The first-order valence-corrected chi connectivity index (χ1v) is 5.81. The minimum Gasteiger partial charge on any atom is -0.324 e. The summed E-state index contributed by atoms with van der Waals surface area (Å²) in [7, 11) is 0. The Morgan fingerprint density at radius 3 is 2.33 bits per heavy atom. The van der Waals surface area contributed by atoms with E-state index >= 15 is 0 Å². The molecule has 2 N–H and O–H groups in total. The van der Waals surface area contributed by atoms with Crippen LogP contribution in [-0.2, 0) is 5.41 Å². The van der Waals surface area contributed by atoms with E-state index in [1.165, 1.54) is 11.1 Å². The van der Waals surface area contributed by atoms with Crippen molar-refractivity contribution < 1.29 is 0 Å². The molecule has 0 aliphatic carbocycles. The Bertz CT molecular complexity index is 309. The van der Waals surface area contributed by atoms with Crippen LogP contribution in [0.3, 0.4) is 0 Å². The summed E-state index contributed by atoms with van der Waals surface area (Å²) >= 11 is 0.